The summed E-state index contributed by atoms with van der Waals surface area (Å²) >= 11 is 0. The lowest BCUT2D eigenvalue weighted by Gasteiger charge is -2.25. The molecule has 0 spiro atoms. The normalized spacial score (nSPS) is 19.4. The number of rotatable bonds is 9. The fourth-order valence-electron chi connectivity index (χ4n) is 3.76. The van der Waals surface area contributed by atoms with Crippen molar-refractivity contribution in [2.24, 2.45) is 11.8 Å². The summed E-state index contributed by atoms with van der Waals surface area (Å²) in [7, 11) is 0. The first-order valence-corrected chi connectivity index (χ1v) is 10.8. The Hall–Kier alpha value is -1.56. The maximum atomic E-state index is 14.2. The smallest absolute Gasteiger partial charge is 0.201 e. The van der Waals surface area contributed by atoms with Crippen LogP contribution in [0.4, 0.5) is 8.78 Å². The van der Waals surface area contributed by atoms with Crippen LogP contribution in [-0.2, 0) is 0 Å². The molecule has 1 aliphatic carbocycles. The SMILES string of the molecule is CCCCCCCC1CCC(C#Cc2ccc(OCCC)c(F)c2F)CC1. The van der Waals surface area contributed by atoms with E-state index >= 15 is 0 Å². The molecule has 1 nitrogen and oxygen atoms in total. The second kappa shape index (κ2) is 12.0. The van der Waals surface area contributed by atoms with Crippen molar-refractivity contribution < 1.29 is 13.5 Å². The van der Waals surface area contributed by atoms with Crippen LogP contribution in [0.15, 0.2) is 12.1 Å². The summed E-state index contributed by atoms with van der Waals surface area (Å²) in [4.78, 5) is 0. The van der Waals surface area contributed by atoms with Crippen molar-refractivity contribution in [2.75, 3.05) is 6.61 Å². The van der Waals surface area contributed by atoms with E-state index in [2.05, 4.69) is 18.8 Å². The Bertz CT molecular complexity index is 621. The summed E-state index contributed by atoms with van der Waals surface area (Å²) < 4.78 is 33.4. The molecule has 1 aromatic rings. The number of hydrogen-bond acceptors (Lipinski definition) is 1. The Balaban J connectivity index is 1.81. The van der Waals surface area contributed by atoms with Crippen molar-refractivity contribution in [1.29, 1.82) is 0 Å². The average Bonchev–Trinajstić information content (AvgIpc) is 2.69. The van der Waals surface area contributed by atoms with Crippen molar-refractivity contribution >= 4 is 0 Å². The predicted octanol–water partition coefficient (Wildman–Crippen LogP) is 7.27. The van der Waals surface area contributed by atoms with Gasteiger partial charge in [-0.2, -0.15) is 4.39 Å². The molecule has 0 amide bonds. The lowest BCUT2D eigenvalue weighted by atomic mass is 9.80. The maximum Gasteiger partial charge on any atom is 0.201 e. The first-order chi connectivity index (χ1) is 13.2. The van der Waals surface area contributed by atoms with Gasteiger partial charge in [0.25, 0.3) is 0 Å². The van der Waals surface area contributed by atoms with Crippen LogP contribution in [0.5, 0.6) is 5.75 Å². The molecule has 1 fully saturated rings. The maximum absolute atomic E-state index is 14.2. The molecule has 150 valence electrons. The van der Waals surface area contributed by atoms with Gasteiger partial charge in [-0.1, -0.05) is 64.2 Å². The molecule has 0 heterocycles. The predicted molar refractivity (Wildman–Crippen MR) is 108 cm³/mol. The van der Waals surface area contributed by atoms with Gasteiger partial charge in [-0.15, -0.1) is 0 Å². The highest BCUT2D eigenvalue weighted by atomic mass is 19.2. The summed E-state index contributed by atoms with van der Waals surface area (Å²) in [5, 5.41) is 0. The average molecular weight is 377 g/mol. The Kier molecular flexibility index (Phi) is 9.67. The number of halogens is 2. The molecule has 0 aliphatic heterocycles. The third-order valence-electron chi connectivity index (χ3n) is 5.48. The van der Waals surface area contributed by atoms with Crippen molar-refractivity contribution in [1.82, 2.24) is 0 Å². The highest BCUT2D eigenvalue weighted by Crippen LogP contribution is 2.32. The summed E-state index contributed by atoms with van der Waals surface area (Å²) in [6.45, 7) is 4.55. The van der Waals surface area contributed by atoms with E-state index < -0.39 is 11.6 Å². The Labute approximate surface area is 163 Å². The minimum absolute atomic E-state index is 0.0284. The molecule has 3 heteroatoms. The zero-order valence-corrected chi connectivity index (χ0v) is 17.0. The third kappa shape index (κ3) is 7.17. The van der Waals surface area contributed by atoms with Gasteiger partial charge >= 0.3 is 0 Å². The monoisotopic (exact) mass is 376 g/mol. The summed E-state index contributed by atoms with van der Waals surface area (Å²) in [5.74, 6) is 5.33. The second-order valence-electron chi connectivity index (χ2n) is 7.78. The zero-order chi connectivity index (χ0) is 19.5. The molecular weight excluding hydrogens is 342 g/mol. The van der Waals surface area contributed by atoms with E-state index in [9.17, 15) is 8.78 Å². The molecule has 1 saturated carbocycles. The minimum Gasteiger partial charge on any atom is -0.490 e. The largest absolute Gasteiger partial charge is 0.490 e. The highest BCUT2D eigenvalue weighted by Gasteiger charge is 2.20. The van der Waals surface area contributed by atoms with Gasteiger partial charge in [0.05, 0.1) is 12.2 Å². The van der Waals surface area contributed by atoms with Crippen molar-refractivity contribution in [3.8, 4) is 17.6 Å². The number of hydrogen-bond donors (Lipinski definition) is 0. The fourth-order valence-corrected chi connectivity index (χ4v) is 3.76. The molecule has 2 rings (SSSR count). The molecule has 0 N–H and O–H groups in total. The minimum atomic E-state index is -0.929. The number of unbranched alkanes of at least 4 members (excludes halogenated alkanes) is 4. The van der Waals surface area contributed by atoms with Gasteiger partial charge in [0.1, 0.15) is 0 Å². The molecular formula is C24H34F2O. The first kappa shape index (κ1) is 21.7. The molecule has 1 aliphatic rings. The molecule has 0 atom stereocenters. The zero-order valence-electron chi connectivity index (χ0n) is 17.0. The van der Waals surface area contributed by atoms with Crippen LogP contribution in [0.25, 0.3) is 0 Å². The number of benzene rings is 1. The molecule has 0 radical (unpaired) electrons. The van der Waals surface area contributed by atoms with E-state index in [1.165, 1.54) is 63.5 Å². The van der Waals surface area contributed by atoms with Crippen LogP contribution < -0.4 is 4.74 Å². The van der Waals surface area contributed by atoms with Crippen LogP contribution >= 0.6 is 0 Å². The van der Waals surface area contributed by atoms with Crippen LogP contribution in [-0.4, -0.2) is 6.61 Å². The van der Waals surface area contributed by atoms with E-state index in [0.717, 1.165) is 25.2 Å². The topological polar surface area (TPSA) is 9.23 Å². The third-order valence-corrected chi connectivity index (χ3v) is 5.48. The second-order valence-corrected chi connectivity index (χ2v) is 7.78. The highest BCUT2D eigenvalue weighted by molar-refractivity contribution is 5.41. The van der Waals surface area contributed by atoms with Crippen molar-refractivity contribution in [3.05, 3.63) is 29.3 Å². The molecule has 0 unspecified atom stereocenters. The van der Waals surface area contributed by atoms with E-state index in [-0.39, 0.29) is 11.3 Å². The van der Waals surface area contributed by atoms with E-state index in [1.807, 2.05) is 6.92 Å². The quantitative estimate of drug-likeness (QED) is 0.325. The van der Waals surface area contributed by atoms with Crippen LogP contribution in [0.2, 0.25) is 0 Å². The standard InChI is InChI=1S/C24H34F2O/c1-3-5-6-7-8-9-19-10-12-20(13-11-19)14-15-21-16-17-22(27-18-4-2)24(26)23(21)25/h16-17,19-20H,3-13,18H2,1-2H3. The van der Waals surface area contributed by atoms with Gasteiger partial charge in [0.2, 0.25) is 5.82 Å². The number of ether oxygens (including phenoxy) is 1. The van der Waals surface area contributed by atoms with Gasteiger partial charge in [-0.3, -0.25) is 0 Å². The van der Waals surface area contributed by atoms with Gasteiger partial charge in [0.15, 0.2) is 11.6 Å². The molecule has 0 saturated heterocycles. The molecule has 1 aromatic carbocycles. The Morgan fingerprint density at radius 1 is 0.926 bits per heavy atom. The van der Waals surface area contributed by atoms with Crippen LogP contribution in [0.3, 0.4) is 0 Å². The summed E-state index contributed by atoms with van der Waals surface area (Å²) in [6, 6.07) is 3.01. The lowest BCUT2D eigenvalue weighted by molar-refractivity contribution is 0.293. The summed E-state index contributed by atoms with van der Waals surface area (Å²) in [6.07, 6.45) is 13.4. The van der Waals surface area contributed by atoms with E-state index in [0.29, 0.717) is 12.5 Å². The first-order valence-electron chi connectivity index (χ1n) is 10.8. The van der Waals surface area contributed by atoms with Gasteiger partial charge < -0.3 is 4.74 Å². The van der Waals surface area contributed by atoms with E-state index in [1.54, 1.807) is 0 Å². The fraction of sp³-hybridized carbons (Fsp3) is 0.667. The lowest BCUT2D eigenvalue weighted by Crippen LogP contribution is -2.13. The van der Waals surface area contributed by atoms with Crippen molar-refractivity contribution in [3.63, 3.8) is 0 Å². The Morgan fingerprint density at radius 2 is 1.67 bits per heavy atom. The van der Waals surface area contributed by atoms with Crippen molar-refractivity contribution in [2.45, 2.75) is 84.5 Å². The molecule has 27 heavy (non-hydrogen) atoms. The molecule has 0 bridgehead atoms. The molecule has 0 aromatic heterocycles. The van der Waals surface area contributed by atoms with Gasteiger partial charge in [-0.05, 0) is 50.2 Å². The Morgan fingerprint density at radius 3 is 2.37 bits per heavy atom. The van der Waals surface area contributed by atoms with Crippen LogP contribution in [0, 0.1) is 35.3 Å². The van der Waals surface area contributed by atoms with Crippen LogP contribution in [0.1, 0.15) is 90.0 Å². The summed E-state index contributed by atoms with van der Waals surface area (Å²) in [5.41, 5.74) is 0.134. The van der Waals surface area contributed by atoms with E-state index in [4.69, 9.17) is 4.74 Å². The van der Waals surface area contributed by atoms with Gasteiger partial charge in [-0.25, -0.2) is 4.39 Å². The van der Waals surface area contributed by atoms with Gasteiger partial charge in [0, 0.05) is 5.92 Å².